The van der Waals surface area contributed by atoms with E-state index in [1.165, 1.54) is 0 Å². The first-order valence-electron chi connectivity index (χ1n) is 3.61. The second kappa shape index (κ2) is 6.09. The van der Waals surface area contributed by atoms with Gasteiger partial charge in [0.15, 0.2) is 0 Å². The summed E-state index contributed by atoms with van der Waals surface area (Å²) < 4.78 is 0. The van der Waals surface area contributed by atoms with E-state index in [2.05, 4.69) is 0 Å². The fourth-order valence-corrected chi connectivity index (χ4v) is 0.763. The number of carbonyl (C=O) groups excluding carboxylic acids is 1. The van der Waals surface area contributed by atoms with Gasteiger partial charge in [-0.3, -0.25) is 4.79 Å². The molecule has 0 aromatic rings. The smallest absolute Gasteiger partial charge is 0.236 e. The van der Waals surface area contributed by atoms with Crippen LogP contribution in [0.25, 0.3) is 0 Å². The van der Waals surface area contributed by atoms with Crippen LogP contribution >= 0.6 is 0 Å². The quantitative estimate of drug-likeness (QED) is 0.295. The van der Waals surface area contributed by atoms with Crippen molar-refractivity contribution in [2.75, 3.05) is 6.54 Å². The number of nitrogens with two attached hydrogens (primary N) is 2. The molecule has 0 aliphatic rings. The second-order valence-corrected chi connectivity index (χ2v) is 2.37. The predicted octanol–water partition coefficient (Wildman–Crippen LogP) is -1.05. The van der Waals surface area contributed by atoms with Crippen LogP contribution < -0.4 is 16.9 Å². The van der Waals surface area contributed by atoms with Crippen molar-refractivity contribution in [3.8, 4) is 0 Å². The van der Waals surface area contributed by atoms with Gasteiger partial charge in [0.05, 0.1) is 0 Å². The molecule has 0 rings (SSSR count). The van der Waals surface area contributed by atoms with Crippen LogP contribution in [0.15, 0.2) is 0 Å². The third-order valence-electron chi connectivity index (χ3n) is 1.45. The number of rotatable bonds is 6. The molecular formula is C6H15N3O2. The molecule has 5 nitrogen and oxygen atoms in total. The largest absolute Gasteiger partial charge is 0.368 e. The van der Waals surface area contributed by atoms with Crippen LogP contribution in [0, 0.1) is 0 Å². The fourth-order valence-electron chi connectivity index (χ4n) is 0.763. The minimum atomic E-state index is -0.637. The Morgan fingerprint density at radius 2 is 2.18 bits per heavy atom. The Kier molecular flexibility index (Phi) is 5.73. The van der Waals surface area contributed by atoms with Gasteiger partial charge in [-0.2, -0.15) is 5.48 Å². The number of carbonyl (C=O) groups is 1. The summed E-state index contributed by atoms with van der Waals surface area (Å²) in [5.74, 6) is -0.537. The first-order valence-corrected chi connectivity index (χ1v) is 3.61. The lowest BCUT2D eigenvalue weighted by atomic mass is 10.1. The Bertz CT molecular complexity index is 118. The summed E-state index contributed by atoms with van der Waals surface area (Å²) >= 11 is 0. The molecule has 66 valence electrons. The maximum atomic E-state index is 10.5. The van der Waals surface area contributed by atoms with Crippen molar-refractivity contribution < 1.29 is 10.0 Å². The summed E-state index contributed by atoms with van der Waals surface area (Å²) in [7, 11) is 0. The highest BCUT2D eigenvalue weighted by Gasteiger charge is 2.11. The van der Waals surface area contributed by atoms with Crippen molar-refractivity contribution in [2.24, 2.45) is 11.5 Å². The Morgan fingerprint density at radius 1 is 1.55 bits per heavy atom. The van der Waals surface area contributed by atoms with Crippen LogP contribution in [0.2, 0.25) is 0 Å². The SMILES string of the molecule is NCCCC[C@@H](NO)C(N)=O. The van der Waals surface area contributed by atoms with Crippen molar-refractivity contribution in [3.05, 3.63) is 0 Å². The van der Waals surface area contributed by atoms with Crippen molar-refractivity contribution in [1.29, 1.82) is 0 Å². The Balaban J connectivity index is 3.44. The van der Waals surface area contributed by atoms with Gasteiger partial charge in [-0.1, -0.05) is 6.42 Å². The monoisotopic (exact) mass is 161 g/mol. The number of nitrogens with one attached hydrogen (secondary N) is 1. The van der Waals surface area contributed by atoms with Gasteiger partial charge in [0.2, 0.25) is 5.91 Å². The van der Waals surface area contributed by atoms with Crippen molar-refractivity contribution in [3.63, 3.8) is 0 Å². The van der Waals surface area contributed by atoms with Crippen LogP contribution in [-0.2, 0) is 4.79 Å². The summed E-state index contributed by atoms with van der Waals surface area (Å²) in [6.07, 6.45) is 2.16. The lowest BCUT2D eigenvalue weighted by Crippen LogP contribution is -2.39. The highest BCUT2D eigenvalue weighted by atomic mass is 16.5. The normalized spacial score (nSPS) is 12.9. The number of unbranched alkanes of at least 4 members (excludes halogenated alkanes) is 1. The van der Waals surface area contributed by atoms with Crippen LogP contribution in [0.1, 0.15) is 19.3 Å². The van der Waals surface area contributed by atoms with E-state index < -0.39 is 11.9 Å². The summed E-state index contributed by atoms with van der Waals surface area (Å²) in [6, 6.07) is -0.637. The highest BCUT2D eigenvalue weighted by Crippen LogP contribution is 1.98. The lowest BCUT2D eigenvalue weighted by Gasteiger charge is -2.09. The van der Waals surface area contributed by atoms with E-state index in [-0.39, 0.29) is 0 Å². The summed E-state index contributed by atoms with van der Waals surface area (Å²) in [4.78, 5) is 10.5. The molecule has 5 heteroatoms. The zero-order valence-electron chi connectivity index (χ0n) is 6.42. The molecule has 1 atom stereocenters. The van der Waals surface area contributed by atoms with Crippen LogP contribution in [0.4, 0.5) is 0 Å². The van der Waals surface area contributed by atoms with Crippen molar-refractivity contribution >= 4 is 5.91 Å². The molecule has 0 aliphatic carbocycles. The van der Waals surface area contributed by atoms with Gasteiger partial charge >= 0.3 is 0 Å². The van der Waals surface area contributed by atoms with E-state index >= 15 is 0 Å². The molecule has 0 bridgehead atoms. The van der Waals surface area contributed by atoms with Gasteiger partial charge < -0.3 is 16.7 Å². The van der Waals surface area contributed by atoms with Gasteiger partial charge in [-0.15, -0.1) is 0 Å². The number of amides is 1. The molecule has 0 heterocycles. The fraction of sp³-hybridized carbons (Fsp3) is 0.833. The van der Waals surface area contributed by atoms with Crippen molar-refractivity contribution in [1.82, 2.24) is 5.48 Å². The molecule has 0 aromatic heterocycles. The molecule has 0 unspecified atom stereocenters. The molecule has 0 aromatic carbocycles. The second-order valence-electron chi connectivity index (χ2n) is 2.37. The van der Waals surface area contributed by atoms with Gasteiger partial charge in [0, 0.05) is 0 Å². The zero-order chi connectivity index (χ0) is 8.69. The molecule has 0 saturated carbocycles. The minimum Gasteiger partial charge on any atom is -0.368 e. The molecule has 0 spiro atoms. The number of primary amides is 1. The van der Waals surface area contributed by atoms with Gasteiger partial charge in [-0.05, 0) is 19.4 Å². The zero-order valence-corrected chi connectivity index (χ0v) is 6.42. The molecule has 1 amide bonds. The lowest BCUT2D eigenvalue weighted by molar-refractivity contribution is -0.122. The van der Waals surface area contributed by atoms with Crippen LogP contribution in [-0.4, -0.2) is 23.7 Å². The Hall–Kier alpha value is -0.650. The van der Waals surface area contributed by atoms with E-state index in [1.54, 1.807) is 0 Å². The summed E-state index contributed by atoms with van der Waals surface area (Å²) in [5, 5.41) is 8.41. The van der Waals surface area contributed by atoms with Gasteiger partial charge in [0.1, 0.15) is 6.04 Å². The summed E-state index contributed by atoms with van der Waals surface area (Å²) in [5.41, 5.74) is 12.0. The van der Waals surface area contributed by atoms with E-state index in [9.17, 15) is 4.79 Å². The third kappa shape index (κ3) is 4.72. The predicted molar refractivity (Wildman–Crippen MR) is 40.8 cm³/mol. The average molecular weight is 161 g/mol. The van der Waals surface area contributed by atoms with Gasteiger partial charge in [0.25, 0.3) is 0 Å². The standard InChI is InChI=1S/C6H15N3O2/c7-4-2-1-3-5(9-11)6(8)10/h5,9,11H,1-4,7H2,(H2,8,10)/t5-/m1/s1. The van der Waals surface area contributed by atoms with Crippen LogP contribution in [0.3, 0.4) is 0 Å². The Labute approximate surface area is 65.7 Å². The van der Waals surface area contributed by atoms with E-state index in [1.807, 2.05) is 5.48 Å². The molecular weight excluding hydrogens is 146 g/mol. The van der Waals surface area contributed by atoms with E-state index in [0.29, 0.717) is 13.0 Å². The average Bonchev–Trinajstić information content (AvgIpc) is 1.97. The first kappa shape index (κ1) is 10.3. The number of hydrogen-bond donors (Lipinski definition) is 4. The van der Waals surface area contributed by atoms with Gasteiger partial charge in [-0.25, -0.2) is 0 Å². The minimum absolute atomic E-state index is 0.531. The molecule has 0 saturated heterocycles. The highest BCUT2D eigenvalue weighted by molar-refractivity contribution is 5.79. The van der Waals surface area contributed by atoms with E-state index in [4.69, 9.17) is 16.7 Å². The Morgan fingerprint density at radius 3 is 2.55 bits per heavy atom. The maximum absolute atomic E-state index is 10.5. The number of hydrogen-bond acceptors (Lipinski definition) is 4. The third-order valence-corrected chi connectivity index (χ3v) is 1.45. The van der Waals surface area contributed by atoms with E-state index in [0.717, 1.165) is 12.8 Å². The molecule has 0 aliphatic heterocycles. The molecule has 6 N–H and O–H groups in total. The van der Waals surface area contributed by atoms with Crippen molar-refractivity contribution in [2.45, 2.75) is 25.3 Å². The first-order chi connectivity index (χ1) is 5.22. The molecule has 11 heavy (non-hydrogen) atoms. The molecule has 0 radical (unpaired) electrons. The van der Waals surface area contributed by atoms with Crippen LogP contribution in [0.5, 0.6) is 0 Å². The summed E-state index contributed by atoms with van der Waals surface area (Å²) in [6.45, 7) is 0.594. The topological polar surface area (TPSA) is 101 Å². The number of hydroxylamine groups is 1. The molecule has 0 fully saturated rings. The maximum Gasteiger partial charge on any atom is 0.236 e.